The van der Waals surface area contributed by atoms with Crippen molar-refractivity contribution < 1.29 is 4.79 Å². The van der Waals surface area contributed by atoms with Gasteiger partial charge in [-0.1, -0.05) is 15.9 Å². The lowest BCUT2D eigenvalue weighted by molar-refractivity contribution is -0.129. The predicted octanol–water partition coefficient (Wildman–Crippen LogP) is 2.84. The van der Waals surface area contributed by atoms with E-state index >= 15 is 0 Å². The van der Waals surface area contributed by atoms with E-state index in [9.17, 15) is 4.79 Å². The first-order valence-corrected chi connectivity index (χ1v) is 8.24. The molecule has 0 unspecified atom stereocenters. The first kappa shape index (κ1) is 15.2. The van der Waals surface area contributed by atoms with Gasteiger partial charge in [0.25, 0.3) is 0 Å². The number of anilines is 1. The van der Waals surface area contributed by atoms with Gasteiger partial charge in [-0.25, -0.2) is 9.97 Å². The fraction of sp³-hybridized carbons (Fsp3) is 0.438. The van der Waals surface area contributed by atoms with Crippen LogP contribution in [0.25, 0.3) is 10.9 Å². The Kier molecular flexibility index (Phi) is 4.29. The first-order chi connectivity index (χ1) is 10.6. The molecule has 22 heavy (non-hydrogen) atoms. The Morgan fingerprint density at radius 1 is 1.32 bits per heavy atom. The van der Waals surface area contributed by atoms with Crippen LogP contribution in [0, 0.1) is 0 Å². The van der Waals surface area contributed by atoms with E-state index in [1.54, 1.807) is 13.3 Å². The zero-order valence-corrected chi connectivity index (χ0v) is 14.4. The molecule has 1 saturated heterocycles. The van der Waals surface area contributed by atoms with Crippen LogP contribution < -0.4 is 4.90 Å². The Labute approximate surface area is 138 Å². The Balaban J connectivity index is 1.82. The van der Waals surface area contributed by atoms with Crippen molar-refractivity contribution in [1.29, 1.82) is 0 Å². The molecule has 1 aromatic carbocycles. The molecular formula is C16H19BrN4O. The molecule has 1 fully saturated rings. The standard InChI is InChI=1S/C16H19BrN4O/c1-11(22)20(2)13-5-7-21(8-6-13)16-14-9-12(17)3-4-15(14)18-10-19-16/h3-4,9-10,13H,5-8H2,1-2H3. The maximum Gasteiger partial charge on any atom is 0.219 e. The predicted molar refractivity (Wildman–Crippen MR) is 90.9 cm³/mol. The van der Waals surface area contributed by atoms with E-state index in [4.69, 9.17) is 0 Å². The average molecular weight is 363 g/mol. The van der Waals surface area contributed by atoms with Crippen LogP contribution in [0.3, 0.4) is 0 Å². The highest BCUT2D eigenvalue weighted by atomic mass is 79.9. The van der Waals surface area contributed by atoms with Crippen LogP contribution in [0.15, 0.2) is 29.0 Å². The van der Waals surface area contributed by atoms with Gasteiger partial charge in [0.2, 0.25) is 5.91 Å². The van der Waals surface area contributed by atoms with E-state index in [2.05, 4.69) is 36.9 Å². The lowest BCUT2D eigenvalue weighted by Crippen LogP contribution is -2.45. The van der Waals surface area contributed by atoms with Crippen LogP contribution in [-0.4, -0.2) is 47.0 Å². The normalized spacial score (nSPS) is 16.0. The molecule has 0 saturated carbocycles. The number of halogens is 1. The van der Waals surface area contributed by atoms with E-state index in [0.717, 1.165) is 47.1 Å². The molecule has 0 aliphatic carbocycles. The summed E-state index contributed by atoms with van der Waals surface area (Å²) < 4.78 is 1.03. The minimum Gasteiger partial charge on any atom is -0.356 e. The molecule has 0 N–H and O–H groups in total. The number of carbonyl (C=O) groups excluding carboxylic acids is 1. The first-order valence-electron chi connectivity index (χ1n) is 7.45. The van der Waals surface area contributed by atoms with E-state index in [-0.39, 0.29) is 5.91 Å². The fourth-order valence-electron chi connectivity index (χ4n) is 2.99. The van der Waals surface area contributed by atoms with E-state index in [1.165, 1.54) is 0 Å². The number of rotatable bonds is 2. The van der Waals surface area contributed by atoms with Crippen LogP contribution in [-0.2, 0) is 4.79 Å². The minimum absolute atomic E-state index is 0.134. The van der Waals surface area contributed by atoms with Gasteiger partial charge in [-0.3, -0.25) is 4.79 Å². The second-order valence-corrected chi connectivity index (χ2v) is 6.62. The highest BCUT2D eigenvalue weighted by molar-refractivity contribution is 9.10. The molecule has 1 aromatic heterocycles. The molecular weight excluding hydrogens is 344 g/mol. The summed E-state index contributed by atoms with van der Waals surface area (Å²) in [5.41, 5.74) is 0.955. The summed E-state index contributed by atoms with van der Waals surface area (Å²) in [7, 11) is 1.89. The lowest BCUT2D eigenvalue weighted by Gasteiger charge is -2.37. The van der Waals surface area contributed by atoms with Crippen molar-refractivity contribution in [3.05, 3.63) is 29.0 Å². The van der Waals surface area contributed by atoms with Crippen LogP contribution in [0.5, 0.6) is 0 Å². The number of fused-ring (bicyclic) bond motifs is 1. The molecule has 0 radical (unpaired) electrons. The van der Waals surface area contributed by atoms with Crippen molar-refractivity contribution in [3.63, 3.8) is 0 Å². The van der Waals surface area contributed by atoms with Crippen LogP contribution in [0.1, 0.15) is 19.8 Å². The molecule has 5 nitrogen and oxygen atoms in total. The maximum absolute atomic E-state index is 11.5. The Morgan fingerprint density at radius 3 is 2.73 bits per heavy atom. The Bertz CT molecular complexity index is 698. The van der Waals surface area contributed by atoms with Gasteiger partial charge >= 0.3 is 0 Å². The van der Waals surface area contributed by atoms with E-state index in [1.807, 2.05) is 24.1 Å². The third kappa shape index (κ3) is 2.92. The smallest absolute Gasteiger partial charge is 0.219 e. The third-order valence-corrected chi connectivity index (χ3v) is 4.88. The largest absolute Gasteiger partial charge is 0.356 e. The molecule has 0 atom stereocenters. The van der Waals surface area contributed by atoms with Crippen molar-refractivity contribution in [2.24, 2.45) is 0 Å². The highest BCUT2D eigenvalue weighted by Gasteiger charge is 2.25. The monoisotopic (exact) mass is 362 g/mol. The summed E-state index contributed by atoms with van der Waals surface area (Å²) in [6.07, 6.45) is 3.56. The van der Waals surface area contributed by atoms with Gasteiger partial charge in [0.15, 0.2) is 0 Å². The summed E-state index contributed by atoms with van der Waals surface area (Å²) in [6.45, 7) is 3.43. The number of aromatic nitrogens is 2. The van der Waals surface area contributed by atoms with Crippen LogP contribution >= 0.6 is 15.9 Å². The average Bonchev–Trinajstić information content (AvgIpc) is 2.53. The van der Waals surface area contributed by atoms with Gasteiger partial charge in [-0.05, 0) is 31.0 Å². The number of hydrogen-bond acceptors (Lipinski definition) is 4. The van der Waals surface area contributed by atoms with Gasteiger partial charge < -0.3 is 9.80 Å². The van der Waals surface area contributed by atoms with Crippen molar-refractivity contribution in [2.75, 3.05) is 25.0 Å². The van der Waals surface area contributed by atoms with Crippen LogP contribution in [0.4, 0.5) is 5.82 Å². The second-order valence-electron chi connectivity index (χ2n) is 5.71. The van der Waals surface area contributed by atoms with Gasteiger partial charge in [0.1, 0.15) is 12.1 Å². The molecule has 1 aliphatic heterocycles. The zero-order valence-electron chi connectivity index (χ0n) is 12.8. The minimum atomic E-state index is 0.134. The van der Waals surface area contributed by atoms with E-state index in [0.29, 0.717) is 6.04 Å². The van der Waals surface area contributed by atoms with E-state index < -0.39 is 0 Å². The summed E-state index contributed by atoms with van der Waals surface area (Å²) in [4.78, 5) is 24.5. The van der Waals surface area contributed by atoms with Crippen LogP contribution in [0.2, 0.25) is 0 Å². The molecule has 1 aliphatic rings. The van der Waals surface area contributed by atoms with Gasteiger partial charge in [-0.2, -0.15) is 0 Å². The highest BCUT2D eigenvalue weighted by Crippen LogP contribution is 2.28. The summed E-state index contributed by atoms with van der Waals surface area (Å²) in [5, 5.41) is 1.07. The summed E-state index contributed by atoms with van der Waals surface area (Å²) in [6, 6.07) is 6.39. The van der Waals surface area contributed by atoms with Gasteiger partial charge in [-0.15, -0.1) is 0 Å². The van der Waals surface area contributed by atoms with Crippen molar-refractivity contribution >= 4 is 38.6 Å². The number of hydrogen-bond donors (Lipinski definition) is 0. The van der Waals surface area contributed by atoms with Crippen molar-refractivity contribution in [3.8, 4) is 0 Å². The second kappa shape index (κ2) is 6.20. The summed E-state index contributed by atoms with van der Waals surface area (Å²) >= 11 is 3.52. The topological polar surface area (TPSA) is 49.3 Å². The number of nitrogens with zero attached hydrogens (tertiary/aromatic N) is 4. The van der Waals surface area contributed by atoms with Gasteiger partial charge in [0.05, 0.1) is 5.52 Å². The number of benzene rings is 1. The molecule has 116 valence electrons. The number of carbonyl (C=O) groups is 1. The molecule has 2 heterocycles. The fourth-order valence-corrected chi connectivity index (χ4v) is 3.35. The van der Waals surface area contributed by atoms with Gasteiger partial charge in [0, 0.05) is 43.0 Å². The Hall–Kier alpha value is -1.69. The quantitative estimate of drug-likeness (QED) is 0.823. The van der Waals surface area contributed by atoms with Crippen molar-refractivity contribution in [2.45, 2.75) is 25.8 Å². The molecule has 0 bridgehead atoms. The van der Waals surface area contributed by atoms with Crippen molar-refractivity contribution in [1.82, 2.24) is 14.9 Å². The Morgan fingerprint density at radius 2 is 2.05 bits per heavy atom. The molecule has 0 spiro atoms. The number of piperidine rings is 1. The molecule has 2 aromatic rings. The SMILES string of the molecule is CC(=O)N(C)C1CCN(c2ncnc3ccc(Br)cc23)CC1. The lowest BCUT2D eigenvalue weighted by atomic mass is 10.0. The summed E-state index contributed by atoms with van der Waals surface area (Å²) in [5.74, 6) is 1.12. The number of amides is 1. The maximum atomic E-state index is 11.5. The molecule has 6 heteroatoms. The molecule has 3 rings (SSSR count). The molecule has 1 amide bonds. The third-order valence-electron chi connectivity index (χ3n) is 4.38. The zero-order chi connectivity index (χ0) is 15.7.